The summed E-state index contributed by atoms with van der Waals surface area (Å²) in [4.78, 5) is 22.7. The van der Waals surface area contributed by atoms with Gasteiger partial charge in [0.1, 0.15) is 12.0 Å². The molecule has 3 rings (SSSR count). The lowest BCUT2D eigenvalue weighted by molar-refractivity contribution is -0.119. The van der Waals surface area contributed by atoms with Crippen molar-refractivity contribution in [2.45, 2.75) is 25.7 Å². The molecule has 5 heteroatoms. The van der Waals surface area contributed by atoms with Crippen molar-refractivity contribution in [3.63, 3.8) is 0 Å². The number of allylic oxidation sites excluding steroid dienone is 2. The fourth-order valence-corrected chi connectivity index (χ4v) is 2.66. The molecule has 0 unspecified atom stereocenters. The van der Waals surface area contributed by atoms with Crippen LogP contribution in [0.4, 0.5) is 11.5 Å². The smallest absolute Gasteiger partial charge is 0.228 e. The van der Waals surface area contributed by atoms with Gasteiger partial charge in [-0.25, -0.2) is 9.97 Å². The number of aromatic nitrogens is 2. The van der Waals surface area contributed by atoms with Crippen LogP contribution in [0.1, 0.15) is 25.7 Å². The van der Waals surface area contributed by atoms with Crippen molar-refractivity contribution in [2.24, 2.45) is 5.92 Å². The molecule has 0 aromatic carbocycles. The number of hydrogen-bond donors (Lipinski definition) is 1. The molecule has 1 fully saturated rings. The minimum atomic E-state index is 0.0617. The Balaban J connectivity index is 1.74. The van der Waals surface area contributed by atoms with Crippen LogP contribution in [0.2, 0.25) is 0 Å². The molecule has 1 aliphatic heterocycles. The summed E-state index contributed by atoms with van der Waals surface area (Å²) in [5, 5.41) is 2.98. The monoisotopic (exact) mass is 258 g/mol. The summed E-state index contributed by atoms with van der Waals surface area (Å²) in [5.74, 6) is 0.985. The number of amides is 1. The van der Waals surface area contributed by atoms with E-state index in [-0.39, 0.29) is 11.8 Å². The van der Waals surface area contributed by atoms with Gasteiger partial charge in [-0.2, -0.15) is 0 Å². The Labute approximate surface area is 112 Å². The molecule has 19 heavy (non-hydrogen) atoms. The molecular formula is C14H18N4O. The quantitative estimate of drug-likeness (QED) is 0.842. The van der Waals surface area contributed by atoms with Crippen LogP contribution in [0.5, 0.6) is 0 Å². The lowest BCUT2D eigenvalue weighted by Gasteiger charge is -2.20. The van der Waals surface area contributed by atoms with Crippen molar-refractivity contribution < 1.29 is 4.79 Å². The fourth-order valence-electron chi connectivity index (χ4n) is 2.66. The molecule has 0 saturated carbocycles. The van der Waals surface area contributed by atoms with E-state index in [4.69, 9.17) is 0 Å². The summed E-state index contributed by atoms with van der Waals surface area (Å²) in [6, 6.07) is 0. The van der Waals surface area contributed by atoms with Crippen molar-refractivity contribution in [2.75, 3.05) is 23.3 Å². The summed E-state index contributed by atoms with van der Waals surface area (Å²) < 4.78 is 0. The number of carbonyl (C=O) groups is 1. The van der Waals surface area contributed by atoms with Crippen LogP contribution in [-0.4, -0.2) is 29.0 Å². The Morgan fingerprint density at radius 2 is 2.00 bits per heavy atom. The highest BCUT2D eigenvalue weighted by Gasteiger charge is 2.22. The van der Waals surface area contributed by atoms with Crippen molar-refractivity contribution in [3.05, 3.63) is 24.7 Å². The molecule has 100 valence electrons. The minimum Gasteiger partial charge on any atom is -0.355 e. The lowest BCUT2D eigenvalue weighted by atomic mass is 10.1. The number of nitrogens with one attached hydrogen (secondary N) is 1. The Hall–Kier alpha value is -1.91. The maximum absolute atomic E-state index is 12.2. The third kappa shape index (κ3) is 2.59. The Kier molecular flexibility index (Phi) is 3.44. The van der Waals surface area contributed by atoms with Gasteiger partial charge in [0.15, 0.2) is 5.82 Å². The molecule has 1 aromatic rings. The second-order valence-electron chi connectivity index (χ2n) is 5.08. The van der Waals surface area contributed by atoms with E-state index in [2.05, 4.69) is 32.3 Å². The molecule has 0 bridgehead atoms. The molecule has 1 aliphatic carbocycles. The third-order valence-corrected chi connectivity index (χ3v) is 3.73. The maximum Gasteiger partial charge on any atom is 0.228 e. The first-order valence-electron chi connectivity index (χ1n) is 6.85. The van der Waals surface area contributed by atoms with E-state index in [0.29, 0.717) is 0 Å². The van der Waals surface area contributed by atoms with Crippen molar-refractivity contribution in [1.82, 2.24) is 9.97 Å². The summed E-state index contributed by atoms with van der Waals surface area (Å²) in [7, 11) is 0. The van der Waals surface area contributed by atoms with Crippen LogP contribution in [0.15, 0.2) is 24.7 Å². The average molecular weight is 258 g/mol. The van der Waals surface area contributed by atoms with Gasteiger partial charge >= 0.3 is 0 Å². The average Bonchev–Trinajstić information content (AvgIpc) is 3.13. The largest absolute Gasteiger partial charge is 0.355 e. The van der Waals surface area contributed by atoms with Gasteiger partial charge < -0.3 is 10.2 Å². The van der Waals surface area contributed by atoms with E-state index in [1.54, 1.807) is 12.5 Å². The van der Waals surface area contributed by atoms with Crippen LogP contribution < -0.4 is 10.2 Å². The summed E-state index contributed by atoms with van der Waals surface area (Å²) in [6.07, 6.45) is 11.4. The van der Waals surface area contributed by atoms with Crippen molar-refractivity contribution in [3.8, 4) is 0 Å². The predicted octanol–water partition coefficient (Wildman–Crippen LogP) is 1.98. The Morgan fingerprint density at radius 1 is 1.26 bits per heavy atom. The highest BCUT2D eigenvalue weighted by atomic mass is 16.1. The van der Waals surface area contributed by atoms with E-state index in [0.717, 1.165) is 37.4 Å². The van der Waals surface area contributed by atoms with Gasteiger partial charge in [0.05, 0.1) is 6.20 Å². The second-order valence-corrected chi connectivity index (χ2v) is 5.08. The number of rotatable bonds is 3. The third-order valence-electron chi connectivity index (χ3n) is 3.73. The molecule has 1 saturated heterocycles. The zero-order chi connectivity index (χ0) is 13.1. The number of nitrogens with zero attached hydrogens (tertiary/aromatic N) is 3. The van der Waals surface area contributed by atoms with Gasteiger partial charge in [-0.15, -0.1) is 0 Å². The molecule has 0 atom stereocenters. The molecular weight excluding hydrogens is 240 g/mol. The predicted molar refractivity (Wildman–Crippen MR) is 74.0 cm³/mol. The van der Waals surface area contributed by atoms with Crippen LogP contribution in [-0.2, 0) is 4.79 Å². The van der Waals surface area contributed by atoms with Gasteiger partial charge in [0.25, 0.3) is 0 Å². The maximum atomic E-state index is 12.2. The van der Waals surface area contributed by atoms with E-state index < -0.39 is 0 Å². The first-order valence-corrected chi connectivity index (χ1v) is 6.85. The normalized spacial score (nSPS) is 19.1. The molecule has 5 nitrogen and oxygen atoms in total. The zero-order valence-electron chi connectivity index (χ0n) is 10.9. The number of carbonyl (C=O) groups excluding carboxylic acids is 1. The minimum absolute atomic E-state index is 0.0617. The summed E-state index contributed by atoms with van der Waals surface area (Å²) in [6.45, 7) is 2.01. The van der Waals surface area contributed by atoms with Crippen molar-refractivity contribution >= 4 is 17.4 Å². The Morgan fingerprint density at radius 3 is 2.74 bits per heavy atom. The zero-order valence-corrected chi connectivity index (χ0v) is 10.9. The molecule has 0 radical (unpaired) electrons. The molecule has 1 N–H and O–H groups in total. The van der Waals surface area contributed by atoms with Crippen molar-refractivity contribution in [1.29, 1.82) is 0 Å². The molecule has 1 amide bonds. The highest BCUT2D eigenvalue weighted by Crippen LogP contribution is 2.27. The van der Waals surface area contributed by atoms with Crippen LogP contribution in [0.3, 0.4) is 0 Å². The van der Waals surface area contributed by atoms with E-state index >= 15 is 0 Å². The van der Waals surface area contributed by atoms with Crippen LogP contribution in [0, 0.1) is 5.92 Å². The molecule has 2 heterocycles. The van der Waals surface area contributed by atoms with Crippen LogP contribution in [0.25, 0.3) is 0 Å². The standard InChI is InChI=1S/C14H18N4O/c19-14(11-5-1-2-6-11)17-12-9-15-10-16-13(12)18-7-3-4-8-18/h1-2,9-11H,3-8H2,(H,17,19). The van der Waals surface area contributed by atoms with Gasteiger partial charge in [-0.05, 0) is 25.7 Å². The van der Waals surface area contributed by atoms with Gasteiger partial charge in [-0.1, -0.05) is 12.2 Å². The van der Waals surface area contributed by atoms with E-state index in [9.17, 15) is 4.79 Å². The topological polar surface area (TPSA) is 58.1 Å². The SMILES string of the molecule is O=C(Nc1cncnc1N1CCCC1)C1CC=CC1. The van der Waals surface area contributed by atoms with Gasteiger partial charge in [-0.3, -0.25) is 4.79 Å². The Bertz CT molecular complexity index is 486. The van der Waals surface area contributed by atoms with E-state index in [1.165, 1.54) is 12.8 Å². The van der Waals surface area contributed by atoms with Gasteiger partial charge in [0.2, 0.25) is 5.91 Å². The van der Waals surface area contributed by atoms with Crippen LogP contribution >= 0.6 is 0 Å². The molecule has 2 aliphatic rings. The lowest BCUT2D eigenvalue weighted by Crippen LogP contribution is -2.25. The van der Waals surface area contributed by atoms with E-state index in [1.807, 2.05) is 0 Å². The number of anilines is 2. The summed E-state index contributed by atoms with van der Waals surface area (Å²) >= 11 is 0. The fraction of sp³-hybridized carbons (Fsp3) is 0.500. The first-order chi connectivity index (χ1) is 9.34. The second kappa shape index (κ2) is 5.38. The summed E-state index contributed by atoms with van der Waals surface area (Å²) in [5.41, 5.74) is 0.737. The van der Waals surface area contributed by atoms with Gasteiger partial charge in [0, 0.05) is 19.0 Å². The highest BCUT2D eigenvalue weighted by molar-refractivity contribution is 5.95. The first kappa shape index (κ1) is 12.1. The molecule has 0 spiro atoms. The number of hydrogen-bond acceptors (Lipinski definition) is 4. The molecule has 1 aromatic heterocycles.